The first-order chi connectivity index (χ1) is 6.22. The normalized spacial score (nSPS) is 10.1. The summed E-state index contributed by atoms with van der Waals surface area (Å²) >= 11 is 0. The monoisotopic (exact) mass is 178 g/mol. The van der Waals surface area contributed by atoms with Gasteiger partial charge in [0.2, 0.25) is 0 Å². The molecule has 0 spiro atoms. The van der Waals surface area contributed by atoms with Gasteiger partial charge in [0.05, 0.1) is 0 Å². The fraction of sp³-hybridized carbons (Fsp3) is 0.364. The van der Waals surface area contributed by atoms with Gasteiger partial charge in [-0.2, -0.15) is 0 Å². The molecule has 0 amide bonds. The van der Waals surface area contributed by atoms with Crippen LogP contribution in [0.4, 0.5) is 0 Å². The van der Waals surface area contributed by atoms with Crippen LogP contribution >= 0.6 is 0 Å². The van der Waals surface area contributed by atoms with Gasteiger partial charge < -0.3 is 4.74 Å². The van der Waals surface area contributed by atoms with E-state index >= 15 is 0 Å². The summed E-state index contributed by atoms with van der Waals surface area (Å²) in [5, 5.41) is 0. The van der Waals surface area contributed by atoms with E-state index in [0.29, 0.717) is 18.1 Å². The quantitative estimate of drug-likeness (QED) is 0.662. The molecule has 0 radical (unpaired) electrons. The number of carbonyl (C=O) groups is 1. The molecule has 0 fully saturated rings. The van der Waals surface area contributed by atoms with Crippen LogP contribution in [0.2, 0.25) is 0 Å². The molecule has 0 aliphatic carbocycles. The van der Waals surface area contributed by atoms with Crippen LogP contribution in [0.15, 0.2) is 24.3 Å². The van der Waals surface area contributed by atoms with Gasteiger partial charge in [-0.05, 0) is 30.0 Å². The Balaban J connectivity index is 2.72. The summed E-state index contributed by atoms with van der Waals surface area (Å²) < 4.78 is 4.75. The van der Waals surface area contributed by atoms with Gasteiger partial charge >= 0.3 is 0 Å². The number of benzene rings is 1. The third-order valence-electron chi connectivity index (χ3n) is 1.73. The topological polar surface area (TPSA) is 26.3 Å². The Morgan fingerprint density at radius 3 is 2.85 bits per heavy atom. The molecule has 1 aromatic carbocycles. The predicted octanol–water partition coefficient (Wildman–Crippen LogP) is 2.42. The van der Waals surface area contributed by atoms with Gasteiger partial charge in [-0.1, -0.05) is 26.0 Å². The molecular weight excluding hydrogens is 164 g/mol. The maximum absolute atomic E-state index is 10.1. The summed E-state index contributed by atoms with van der Waals surface area (Å²) in [5.74, 6) is 1.24. The highest BCUT2D eigenvalue weighted by Gasteiger charge is 1.99. The van der Waals surface area contributed by atoms with Crippen molar-refractivity contribution in [2.75, 3.05) is 0 Å². The lowest BCUT2D eigenvalue weighted by molar-refractivity contribution is -0.120. The van der Waals surface area contributed by atoms with Crippen molar-refractivity contribution in [2.24, 2.45) is 5.92 Å². The average Bonchev–Trinajstić information content (AvgIpc) is 2.04. The fourth-order valence-electron chi connectivity index (χ4n) is 1.27. The van der Waals surface area contributed by atoms with Crippen molar-refractivity contribution >= 4 is 6.47 Å². The van der Waals surface area contributed by atoms with Gasteiger partial charge in [-0.25, -0.2) is 0 Å². The zero-order valence-electron chi connectivity index (χ0n) is 7.99. The minimum atomic E-state index is 0.453. The number of ether oxygens (including phenoxy) is 1. The van der Waals surface area contributed by atoms with E-state index in [0.717, 1.165) is 6.42 Å². The Morgan fingerprint density at radius 2 is 2.23 bits per heavy atom. The molecule has 70 valence electrons. The van der Waals surface area contributed by atoms with Crippen LogP contribution in [0.3, 0.4) is 0 Å². The molecule has 0 bridgehead atoms. The van der Waals surface area contributed by atoms with Crippen molar-refractivity contribution in [1.82, 2.24) is 0 Å². The van der Waals surface area contributed by atoms with Crippen LogP contribution in [0, 0.1) is 5.92 Å². The molecule has 0 atom stereocenters. The highest BCUT2D eigenvalue weighted by Crippen LogP contribution is 2.15. The molecule has 0 heterocycles. The molecule has 0 aliphatic rings. The molecule has 0 aromatic heterocycles. The molecule has 2 heteroatoms. The molecule has 0 saturated carbocycles. The highest BCUT2D eigenvalue weighted by atomic mass is 16.5. The van der Waals surface area contributed by atoms with Crippen LogP contribution in [0.5, 0.6) is 5.75 Å². The Labute approximate surface area is 78.5 Å². The lowest BCUT2D eigenvalue weighted by Crippen LogP contribution is -1.95. The van der Waals surface area contributed by atoms with Crippen LogP contribution in [0.1, 0.15) is 19.4 Å². The van der Waals surface area contributed by atoms with E-state index in [1.54, 1.807) is 6.07 Å². The third kappa shape index (κ3) is 3.28. The number of carbonyl (C=O) groups excluding carboxylic acids is 1. The van der Waals surface area contributed by atoms with E-state index in [4.69, 9.17) is 4.74 Å². The van der Waals surface area contributed by atoms with Gasteiger partial charge in [0, 0.05) is 0 Å². The molecule has 1 aromatic rings. The average molecular weight is 178 g/mol. The Morgan fingerprint density at radius 1 is 1.46 bits per heavy atom. The second kappa shape index (κ2) is 4.65. The first-order valence-corrected chi connectivity index (χ1v) is 4.41. The van der Waals surface area contributed by atoms with Gasteiger partial charge in [0.15, 0.2) is 0 Å². The standard InChI is InChI=1S/C11H14O2/c1-9(2)6-10-4-3-5-11(7-10)13-8-12/h3-5,7-9H,6H2,1-2H3. The van der Waals surface area contributed by atoms with Crippen molar-refractivity contribution in [3.8, 4) is 5.75 Å². The highest BCUT2D eigenvalue weighted by molar-refractivity contribution is 5.45. The smallest absolute Gasteiger partial charge is 0.298 e. The Hall–Kier alpha value is -1.31. The maximum atomic E-state index is 10.1. The van der Waals surface area contributed by atoms with Gasteiger partial charge in [0.1, 0.15) is 5.75 Å². The summed E-state index contributed by atoms with van der Waals surface area (Å²) in [6.07, 6.45) is 1.01. The van der Waals surface area contributed by atoms with Crippen LogP contribution in [0.25, 0.3) is 0 Å². The van der Waals surface area contributed by atoms with E-state index in [1.165, 1.54) is 5.56 Å². The zero-order valence-corrected chi connectivity index (χ0v) is 7.99. The molecule has 1 rings (SSSR count). The van der Waals surface area contributed by atoms with E-state index in [1.807, 2.05) is 18.2 Å². The van der Waals surface area contributed by atoms with Crippen molar-refractivity contribution in [3.63, 3.8) is 0 Å². The third-order valence-corrected chi connectivity index (χ3v) is 1.73. The van der Waals surface area contributed by atoms with Crippen LogP contribution in [-0.2, 0) is 11.2 Å². The predicted molar refractivity (Wildman–Crippen MR) is 51.7 cm³/mol. The lowest BCUT2D eigenvalue weighted by Gasteiger charge is -2.05. The molecule has 0 saturated heterocycles. The maximum Gasteiger partial charge on any atom is 0.298 e. The second-order valence-corrected chi connectivity index (χ2v) is 3.46. The number of hydrogen-bond donors (Lipinski definition) is 0. The molecule has 0 unspecified atom stereocenters. The van der Waals surface area contributed by atoms with Crippen molar-refractivity contribution in [1.29, 1.82) is 0 Å². The van der Waals surface area contributed by atoms with Gasteiger partial charge in [-0.3, -0.25) is 4.79 Å². The number of rotatable bonds is 4. The Bertz CT molecular complexity index is 279. The molecular formula is C11H14O2. The molecule has 0 aliphatic heterocycles. The molecule has 2 nitrogen and oxygen atoms in total. The molecule has 0 N–H and O–H groups in total. The van der Waals surface area contributed by atoms with Crippen molar-refractivity contribution in [2.45, 2.75) is 20.3 Å². The van der Waals surface area contributed by atoms with Crippen molar-refractivity contribution in [3.05, 3.63) is 29.8 Å². The van der Waals surface area contributed by atoms with E-state index in [9.17, 15) is 4.79 Å². The minimum absolute atomic E-state index is 0.453. The summed E-state index contributed by atoms with van der Waals surface area (Å²) in [4.78, 5) is 10.1. The van der Waals surface area contributed by atoms with Crippen LogP contribution in [-0.4, -0.2) is 6.47 Å². The first-order valence-electron chi connectivity index (χ1n) is 4.41. The van der Waals surface area contributed by atoms with Crippen molar-refractivity contribution < 1.29 is 9.53 Å². The summed E-state index contributed by atoms with van der Waals surface area (Å²) in [6.45, 7) is 4.77. The van der Waals surface area contributed by atoms with E-state index in [2.05, 4.69) is 13.8 Å². The lowest BCUT2D eigenvalue weighted by atomic mass is 10.0. The minimum Gasteiger partial charge on any atom is -0.429 e. The SMILES string of the molecule is CC(C)Cc1cccc(OC=O)c1. The first kappa shape index (κ1) is 9.78. The largest absolute Gasteiger partial charge is 0.429 e. The summed E-state index contributed by atoms with van der Waals surface area (Å²) in [6, 6.07) is 7.61. The second-order valence-electron chi connectivity index (χ2n) is 3.46. The van der Waals surface area contributed by atoms with E-state index in [-0.39, 0.29) is 0 Å². The van der Waals surface area contributed by atoms with Gasteiger partial charge in [0.25, 0.3) is 6.47 Å². The van der Waals surface area contributed by atoms with E-state index < -0.39 is 0 Å². The van der Waals surface area contributed by atoms with Gasteiger partial charge in [-0.15, -0.1) is 0 Å². The zero-order chi connectivity index (χ0) is 9.68. The summed E-state index contributed by atoms with van der Waals surface area (Å²) in [7, 11) is 0. The van der Waals surface area contributed by atoms with Crippen LogP contribution < -0.4 is 4.74 Å². The Kier molecular flexibility index (Phi) is 3.50. The molecule has 13 heavy (non-hydrogen) atoms. The number of hydrogen-bond acceptors (Lipinski definition) is 2. The fourth-order valence-corrected chi connectivity index (χ4v) is 1.27. The summed E-state index contributed by atoms with van der Waals surface area (Å²) in [5.41, 5.74) is 1.20.